The second-order valence-corrected chi connectivity index (χ2v) is 4.56. The number of rotatable bonds is 2. The molecule has 0 saturated heterocycles. The molecule has 0 aromatic heterocycles. The van der Waals surface area contributed by atoms with Crippen molar-refractivity contribution in [1.29, 1.82) is 0 Å². The minimum atomic E-state index is 0. The minimum absolute atomic E-state index is 0. The van der Waals surface area contributed by atoms with Gasteiger partial charge in [0.25, 0.3) is 0 Å². The van der Waals surface area contributed by atoms with Crippen molar-refractivity contribution in [2.45, 2.75) is 11.5 Å². The van der Waals surface area contributed by atoms with E-state index in [1.807, 2.05) is 84.9 Å². The largest absolute Gasteiger partial charge is 4.00 e. The van der Waals surface area contributed by atoms with Crippen LogP contribution in [-0.4, -0.2) is 0 Å². The Kier molecular flexibility index (Phi) is 13.8. The van der Waals surface area contributed by atoms with Gasteiger partial charge in [0.2, 0.25) is 0 Å². The van der Waals surface area contributed by atoms with Crippen molar-refractivity contribution in [2.75, 3.05) is 0 Å². The van der Waals surface area contributed by atoms with Crippen molar-refractivity contribution in [2.24, 2.45) is 0 Å². The van der Waals surface area contributed by atoms with Gasteiger partial charge >= 0.3 is 21.7 Å². The second-order valence-electron chi connectivity index (χ2n) is 3.98. The van der Waals surface area contributed by atoms with Gasteiger partial charge in [0, 0.05) is 0 Å². The van der Waals surface area contributed by atoms with Gasteiger partial charge in [-0.05, 0) is 0 Å². The van der Waals surface area contributed by atoms with E-state index < -0.39 is 0 Å². The maximum atomic E-state index is 4.93. The van der Waals surface area contributed by atoms with Crippen LogP contribution in [0.5, 0.6) is 0 Å². The maximum absolute atomic E-state index is 4.93. The molecule has 0 atom stereocenters. The first-order valence-electron chi connectivity index (χ1n) is 6.45. The molecule has 3 aromatic rings. The van der Waals surface area contributed by atoms with E-state index >= 15 is 0 Å². The molecule has 0 aliphatic carbocycles. The fourth-order valence-corrected chi connectivity index (χ4v) is 2.04. The van der Waals surface area contributed by atoms with Crippen molar-refractivity contribution < 1.29 is 21.7 Å². The van der Waals surface area contributed by atoms with Crippen LogP contribution in [0.3, 0.4) is 0 Å². The van der Waals surface area contributed by atoms with Gasteiger partial charge in [-0.3, -0.25) is 0 Å². The molecular formula is C18H18S2Ti. The van der Waals surface area contributed by atoms with Crippen LogP contribution < -0.4 is 0 Å². The topological polar surface area (TPSA) is 0 Å². The van der Waals surface area contributed by atoms with Gasteiger partial charge in [0.1, 0.15) is 0 Å². The molecule has 3 heteroatoms. The molecule has 0 aliphatic heterocycles. The number of hydrogen-bond acceptors (Lipinski definition) is 2. The summed E-state index contributed by atoms with van der Waals surface area (Å²) < 4.78 is 0. The summed E-state index contributed by atoms with van der Waals surface area (Å²) in [4.78, 5) is 0. The Hall–Kier alpha value is -0.666. The molecule has 3 aromatic carbocycles. The molecule has 106 valence electrons. The fourth-order valence-electron chi connectivity index (χ4n) is 1.48. The van der Waals surface area contributed by atoms with Crippen LogP contribution in [0.1, 0.15) is 11.1 Å². The fraction of sp³-hybridized carbons (Fsp3) is 0.111. The predicted octanol–water partition coefficient (Wildman–Crippen LogP) is 4.59. The molecule has 0 fully saturated rings. The zero-order chi connectivity index (χ0) is 14.5. The molecule has 0 aliphatic rings. The third-order valence-electron chi connectivity index (χ3n) is 2.54. The summed E-state index contributed by atoms with van der Waals surface area (Å²) in [7, 11) is 0. The van der Waals surface area contributed by atoms with E-state index in [0.29, 0.717) is 11.5 Å². The number of benzene rings is 1. The van der Waals surface area contributed by atoms with Crippen LogP contribution in [0, 0.1) is 0 Å². The third kappa shape index (κ3) is 9.81. The van der Waals surface area contributed by atoms with E-state index in [2.05, 4.69) is 0 Å². The Morgan fingerprint density at radius 2 is 0.952 bits per heavy atom. The first-order chi connectivity index (χ1) is 9.88. The molecule has 0 saturated carbocycles. The van der Waals surface area contributed by atoms with Crippen molar-refractivity contribution in [3.05, 3.63) is 96.1 Å². The summed E-state index contributed by atoms with van der Waals surface area (Å²) in [6.45, 7) is 0. The van der Waals surface area contributed by atoms with Crippen molar-refractivity contribution in [3.63, 3.8) is 0 Å². The summed E-state index contributed by atoms with van der Waals surface area (Å²) in [6.07, 6.45) is 0. The van der Waals surface area contributed by atoms with Gasteiger partial charge in [-0.2, -0.15) is 47.9 Å². The Balaban J connectivity index is 0.000000307. The van der Waals surface area contributed by atoms with E-state index in [4.69, 9.17) is 25.3 Å². The molecule has 21 heavy (non-hydrogen) atoms. The van der Waals surface area contributed by atoms with E-state index in [0.717, 1.165) is 0 Å². The summed E-state index contributed by atoms with van der Waals surface area (Å²) in [5.41, 5.74) is 2.40. The molecule has 0 bridgehead atoms. The summed E-state index contributed by atoms with van der Waals surface area (Å²) in [5.74, 6) is 1.35. The summed E-state index contributed by atoms with van der Waals surface area (Å²) in [6, 6.07) is 28.1. The van der Waals surface area contributed by atoms with Gasteiger partial charge in [0.15, 0.2) is 0 Å². The third-order valence-corrected chi connectivity index (χ3v) is 3.16. The Labute approximate surface area is 154 Å². The molecule has 0 heterocycles. The van der Waals surface area contributed by atoms with E-state index in [-0.39, 0.29) is 21.7 Å². The molecule has 0 spiro atoms. The van der Waals surface area contributed by atoms with E-state index in [9.17, 15) is 0 Å². The van der Waals surface area contributed by atoms with Crippen LogP contribution in [-0.2, 0) is 58.5 Å². The number of hydrogen-bond donors (Lipinski definition) is 0. The van der Waals surface area contributed by atoms with Crippen LogP contribution in [0.25, 0.3) is 0 Å². The second kappa shape index (κ2) is 14.3. The van der Waals surface area contributed by atoms with Gasteiger partial charge in [-0.25, -0.2) is 24.3 Å². The molecule has 0 nitrogen and oxygen atoms in total. The summed E-state index contributed by atoms with van der Waals surface area (Å²) >= 11 is 9.85. The van der Waals surface area contributed by atoms with Gasteiger partial charge in [0.05, 0.1) is 0 Å². The minimum Gasteiger partial charge on any atom is -0.788 e. The molecular weight excluding hydrogens is 328 g/mol. The zero-order valence-corrected chi connectivity index (χ0v) is 15.0. The Bertz CT molecular complexity index is 432. The molecule has 0 amide bonds. The van der Waals surface area contributed by atoms with Gasteiger partial charge < -0.3 is 25.3 Å². The van der Waals surface area contributed by atoms with E-state index in [1.165, 1.54) is 11.1 Å². The summed E-state index contributed by atoms with van der Waals surface area (Å²) in [5, 5.41) is 0. The first-order valence-corrected chi connectivity index (χ1v) is 7.60. The van der Waals surface area contributed by atoms with Crippen molar-refractivity contribution >= 4 is 25.3 Å². The van der Waals surface area contributed by atoms with Gasteiger partial charge in [-0.1, -0.05) is 35.4 Å². The van der Waals surface area contributed by atoms with Crippen LogP contribution in [0.15, 0.2) is 84.9 Å². The molecule has 0 N–H and O–H groups in total. The maximum Gasteiger partial charge on any atom is 4.00 e. The van der Waals surface area contributed by atoms with Crippen LogP contribution in [0.2, 0.25) is 0 Å². The molecule has 3 rings (SSSR count). The average Bonchev–Trinajstić information content (AvgIpc) is 3.23. The SMILES string of the molecule is [S-]Cc1ccccc1C[S-].[Ti+4].c1cc[cH-]c1.c1cc[cH-]c1. The smallest absolute Gasteiger partial charge is 0.788 e. The Morgan fingerprint density at radius 3 is 1.14 bits per heavy atom. The van der Waals surface area contributed by atoms with Crippen LogP contribution >= 0.6 is 0 Å². The van der Waals surface area contributed by atoms with Gasteiger partial charge in [-0.15, -0.1) is 0 Å². The molecule has 0 unspecified atom stereocenters. The average molecular weight is 346 g/mol. The normalized spacial score (nSPS) is 8.48. The van der Waals surface area contributed by atoms with Crippen LogP contribution in [0.4, 0.5) is 0 Å². The molecule has 0 radical (unpaired) electrons. The van der Waals surface area contributed by atoms with E-state index in [1.54, 1.807) is 0 Å². The van der Waals surface area contributed by atoms with Crippen molar-refractivity contribution in [3.8, 4) is 0 Å². The quantitative estimate of drug-likeness (QED) is 0.378. The Morgan fingerprint density at radius 1 is 0.619 bits per heavy atom. The van der Waals surface area contributed by atoms with Crippen molar-refractivity contribution in [1.82, 2.24) is 0 Å². The standard InChI is InChI=1S/C8H10S2.2C5H5.Ti/c9-5-7-3-1-2-4-8(7)6-10;2*1-2-4-5-3-1;/h1-4,9-10H,5-6H2;2*1-5H;/q;2*-1;+4/p-2. The monoisotopic (exact) mass is 346 g/mol. The first kappa shape index (κ1) is 20.3. The predicted molar refractivity (Wildman–Crippen MR) is 92.7 cm³/mol. The zero-order valence-electron chi connectivity index (χ0n) is 11.8.